The van der Waals surface area contributed by atoms with Crippen LogP contribution in [0.3, 0.4) is 0 Å². The molecule has 0 N–H and O–H groups in total. The van der Waals surface area contributed by atoms with E-state index >= 15 is 0 Å². The van der Waals surface area contributed by atoms with Crippen LogP contribution in [0.1, 0.15) is 50.9 Å². The van der Waals surface area contributed by atoms with Crippen molar-refractivity contribution >= 4 is 5.78 Å². The van der Waals surface area contributed by atoms with Crippen molar-refractivity contribution < 1.29 is 9.53 Å². The highest BCUT2D eigenvalue weighted by Gasteiger charge is 2.44. The summed E-state index contributed by atoms with van der Waals surface area (Å²) in [4.78, 5) is 12.1. The zero-order chi connectivity index (χ0) is 12.7. The first kappa shape index (κ1) is 12.2. The van der Waals surface area contributed by atoms with E-state index < -0.39 is 0 Å². The van der Waals surface area contributed by atoms with E-state index in [1.165, 1.54) is 0 Å². The van der Waals surface area contributed by atoms with Crippen molar-refractivity contribution in [3.05, 3.63) is 29.8 Å². The number of ether oxygens (including phenoxy) is 1. The first-order chi connectivity index (χ1) is 7.80. The monoisotopic (exact) mass is 232 g/mol. The van der Waals surface area contributed by atoms with Gasteiger partial charge < -0.3 is 4.74 Å². The maximum Gasteiger partial charge on any atom is 0.168 e. The van der Waals surface area contributed by atoms with E-state index in [9.17, 15) is 4.79 Å². The predicted octanol–water partition coefficient (Wildman–Crippen LogP) is 3.85. The molecule has 1 aliphatic rings. The molecular weight excluding hydrogens is 212 g/mol. The van der Waals surface area contributed by atoms with Crippen LogP contribution in [0.15, 0.2) is 24.3 Å². The average Bonchev–Trinajstić information content (AvgIpc) is 2.96. The Kier molecular flexibility index (Phi) is 2.76. The van der Waals surface area contributed by atoms with Gasteiger partial charge in [-0.15, -0.1) is 0 Å². The second-order valence-corrected chi connectivity index (χ2v) is 6.13. The largest absolute Gasteiger partial charge is 0.488 e. The Balaban J connectivity index is 2.10. The van der Waals surface area contributed by atoms with E-state index in [-0.39, 0.29) is 16.8 Å². The fourth-order valence-corrected chi connectivity index (χ4v) is 1.79. The molecule has 92 valence electrons. The molecule has 2 heteroatoms. The summed E-state index contributed by atoms with van der Waals surface area (Å²) in [6.45, 7) is 8.07. The minimum Gasteiger partial charge on any atom is -0.488 e. The molecule has 0 aliphatic heterocycles. The fourth-order valence-electron chi connectivity index (χ4n) is 1.79. The molecule has 0 radical (unpaired) electrons. The van der Waals surface area contributed by atoms with Gasteiger partial charge in [-0.1, -0.05) is 6.92 Å². The number of rotatable bonds is 3. The summed E-state index contributed by atoms with van der Waals surface area (Å²) in [7, 11) is 0. The van der Waals surface area contributed by atoms with Crippen molar-refractivity contribution in [1.82, 2.24) is 0 Å². The fraction of sp³-hybridized carbons (Fsp3) is 0.533. The normalized spacial score (nSPS) is 17.6. The number of benzene rings is 1. The topological polar surface area (TPSA) is 26.3 Å². The molecule has 17 heavy (non-hydrogen) atoms. The van der Waals surface area contributed by atoms with Gasteiger partial charge in [-0.25, -0.2) is 0 Å². The van der Waals surface area contributed by atoms with E-state index in [2.05, 4.69) is 0 Å². The van der Waals surface area contributed by atoms with Crippen molar-refractivity contribution in [3.8, 4) is 5.75 Å². The van der Waals surface area contributed by atoms with E-state index in [0.717, 1.165) is 24.2 Å². The SMILES string of the molecule is CC(C)(C)Oc1ccc(C(=O)C2(C)CC2)cc1. The quantitative estimate of drug-likeness (QED) is 0.740. The van der Waals surface area contributed by atoms with Crippen molar-refractivity contribution in [1.29, 1.82) is 0 Å². The summed E-state index contributed by atoms with van der Waals surface area (Å²) in [5, 5.41) is 0. The highest BCUT2D eigenvalue weighted by atomic mass is 16.5. The maximum absolute atomic E-state index is 12.1. The standard InChI is InChI=1S/C15H20O2/c1-14(2,3)17-12-7-5-11(6-8-12)13(16)15(4)9-10-15/h5-8H,9-10H2,1-4H3. The first-order valence-corrected chi connectivity index (χ1v) is 6.14. The molecule has 1 aliphatic carbocycles. The predicted molar refractivity (Wildman–Crippen MR) is 68.5 cm³/mol. The maximum atomic E-state index is 12.1. The van der Waals surface area contributed by atoms with Gasteiger partial charge in [-0.2, -0.15) is 0 Å². The molecule has 0 unspecified atom stereocenters. The lowest BCUT2D eigenvalue weighted by Crippen LogP contribution is -2.23. The molecule has 1 fully saturated rings. The van der Waals surface area contributed by atoms with Crippen molar-refractivity contribution in [3.63, 3.8) is 0 Å². The Morgan fingerprint density at radius 2 is 1.71 bits per heavy atom. The third kappa shape index (κ3) is 2.87. The zero-order valence-electron chi connectivity index (χ0n) is 11.0. The first-order valence-electron chi connectivity index (χ1n) is 6.14. The van der Waals surface area contributed by atoms with Gasteiger partial charge in [0.1, 0.15) is 11.4 Å². The molecule has 0 spiro atoms. The number of ketones is 1. The van der Waals surface area contributed by atoms with Gasteiger partial charge in [-0.3, -0.25) is 4.79 Å². The number of carbonyl (C=O) groups excluding carboxylic acids is 1. The third-order valence-corrected chi connectivity index (χ3v) is 3.09. The van der Waals surface area contributed by atoms with E-state index in [0.29, 0.717) is 0 Å². The summed E-state index contributed by atoms with van der Waals surface area (Å²) >= 11 is 0. The molecule has 2 rings (SSSR count). The number of Topliss-reactive ketones (excluding diaryl/α,β-unsaturated/α-hetero) is 1. The number of carbonyl (C=O) groups is 1. The van der Waals surface area contributed by atoms with Crippen LogP contribution in [0.5, 0.6) is 5.75 Å². The van der Waals surface area contributed by atoms with Gasteiger partial charge in [0.05, 0.1) is 0 Å². The van der Waals surface area contributed by atoms with Gasteiger partial charge in [0.25, 0.3) is 0 Å². The van der Waals surface area contributed by atoms with Gasteiger partial charge >= 0.3 is 0 Å². The summed E-state index contributed by atoms with van der Waals surface area (Å²) in [6, 6.07) is 7.49. The Bertz CT molecular complexity index is 419. The van der Waals surface area contributed by atoms with E-state index in [4.69, 9.17) is 4.74 Å². The van der Waals surface area contributed by atoms with Gasteiger partial charge in [0.2, 0.25) is 0 Å². The molecule has 0 heterocycles. The van der Waals surface area contributed by atoms with Crippen LogP contribution in [0, 0.1) is 5.41 Å². The summed E-state index contributed by atoms with van der Waals surface area (Å²) < 4.78 is 5.73. The molecule has 1 aromatic carbocycles. The Morgan fingerprint density at radius 1 is 1.18 bits per heavy atom. The molecule has 0 atom stereocenters. The summed E-state index contributed by atoms with van der Waals surface area (Å²) in [5.41, 5.74) is 0.506. The minimum atomic E-state index is -0.200. The Morgan fingerprint density at radius 3 is 2.12 bits per heavy atom. The van der Waals surface area contributed by atoms with Crippen molar-refractivity contribution in [2.24, 2.45) is 5.41 Å². The Labute approximate surface area is 103 Å². The third-order valence-electron chi connectivity index (χ3n) is 3.09. The van der Waals surface area contributed by atoms with Gasteiger partial charge in [0.15, 0.2) is 5.78 Å². The molecule has 1 aromatic rings. The Hall–Kier alpha value is -1.31. The van der Waals surface area contributed by atoms with Crippen LogP contribution in [-0.4, -0.2) is 11.4 Å². The highest BCUT2D eigenvalue weighted by molar-refractivity contribution is 6.02. The lowest BCUT2D eigenvalue weighted by atomic mass is 9.97. The van der Waals surface area contributed by atoms with Crippen LogP contribution in [0.2, 0.25) is 0 Å². The highest BCUT2D eigenvalue weighted by Crippen LogP contribution is 2.47. The molecule has 0 bridgehead atoms. The number of hydrogen-bond donors (Lipinski definition) is 0. The van der Waals surface area contributed by atoms with Gasteiger partial charge in [-0.05, 0) is 57.9 Å². The van der Waals surface area contributed by atoms with Crippen molar-refractivity contribution in [2.45, 2.75) is 46.1 Å². The summed E-state index contributed by atoms with van der Waals surface area (Å²) in [5.74, 6) is 1.08. The van der Waals surface area contributed by atoms with Crippen molar-refractivity contribution in [2.75, 3.05) is 0 Å². The summed E-state index contributed by atoms with van der Waals surface area (Å²) in [6.07, 6.45) is 2.04. The zero-order valence-corrected chi connectivity index (χ0v) is 11.0. The van der Waals surface area contributed by atoms with Crippen LogP contribution in [-0.2, 0) is 0 Å². The molecular formula is C15H20O2. The smallest absolute Gasteiger partial charge is 0.168 e. The molecule has 2 nitrogen and oxygen atoms in total. The molecule has 0 aromatic heterocycles. The van der Waals surface area contributed by atoms with Crippen LogP contribution in [0.25, 0.3) is 0 Å². The molecule has 1 saturated carbocycles. The second-order valence-electron chi connectivity index (χ2n) is 6.13. The number of hydrogen-bond acceptors (Lipinski definition) is 2. The van der Waals surface area contributed by atoms with Crippen LogP contribution in [0.4, 0.5) is 0 Å². The molecule has 0 saturated heterocycles. The second kappa shape index (κ2) is 3.86. The van der Waals surface area contributed by atoms with Crippen LogP contribution < -0.4 is 4.74 Å². The van der Waals surface area contributed by atoms with E-state index in [1.54, 1.807) is 0 Å². The minimum absolute atomic E-state index is 0.0909. The lowest BCUT2D eigenvalue weighted by Gasteiger charge is -2.21. The van der Waals surface area contributed by atoms with Crippen LogP contribution >= 0.6 is 0 Å². The average molecular weight is 232 g/mol. The molecule has 0 amide bonds. The lowest BCUT2D eigenvalue weighted by molar-refractivity contribution is 0.0912. The van der Waals surface area contributed by atoms with E-state index in [1.807, 2.05) is 52.0 Å². The van der Waals surface area contributed by atoms with Gasteiger partial charge in [0, 0.05) is 11.0 Å².